The molecule has 1 unspecified atom stereocenters. The molecule has 154 valence electrons. The molecule has 4 rings (SSSR count). The molecule has 0 aliphatic carbocycles. The fourth-order valence-corrected chi connectivity index (χ4v) is 5.04. The maximum absolute atomic E-state index is 12.3. The molecule has 7 heteroatoms. The molecule has 3 heterocycles. The van der Waals surface area contributed by atoms with Crippen molar-refractivity contribution in [1.29, 1.82) is 0 Å². The number of hydrogen-bond donors (Lipinski definition) is 2. The van der Waals surface area contributed by atoms with Crippen LogP contribution in [0.25, 0.3) is 0 Å². The zero-order chi connectivity index (χ0) is 20.2. The van der Waals surface area contributed by atoms with E-state index in [4.69, 9.17) is 0 Å². The van der Waals surface area contributed by atoms with E-state index in [9.17, 15) is 14.7 Å². The number of nitrogens with zero attached hydrogens (tertiary/aromatic N) is 2. The molecule has 1 aromatic heterocycles. The first-order valence-electron chi connectivity index (χ1n) is 10.3. The number of benzene rings is 1. The molecule has 0 spiro atoms. The highest BCUT2D eigenvalue weighted by Crippen LogP contribution is 2.30. The summed E-state index contributed by atoms with van der Waals surface area (Å²) in [4.78, 5) is 29.6. The van der Waals surface area contributed by atoms with E-state index < -0.39 is 5.97 Å². The van der Waals surface area contributed by atoms with Crippen LogP contribution in [0.5, 0.6) is 0 Å². The highest BCUT2D eigenvalue weighted by molar-refractivity contribution is 7.12. The van der Waals surface area contributed by atoms with E-state index in [0.717, 1.165) is 31.7 Å². The first-order chi connectivity index (χ1) is 14.1. The maximum Gasteiger partial charge on any atom is 0.337 e. The van der Waals surface area contributed by atoms with Crippen molar-refractivity contribution in [1.82, 2.24) is 4.90 Å². The van der Waals surface area contributed by atoms with Crippen LogP contribution >= 0.6 is 11.3 Å². The Labute approximate surface area is 175 Å². The Kier molecular flexibility index (Phi) is 6.16. The summed E-state index contributed by atoms with van der Waals surface area (Å²) in [7, 11) is 0. The van der Waals surface area contributed by atoms with Gasteiger partial charge in [-0.15, -0.1) is 11.3 Å². The number of thiophene rings is 1. The van der Waals surface area contributed by atoms with Crippen molar-refractivity contribution in [2.45, 2.75) is 25.7 Å². The molecule has 1 amide bonds. The van der Waals surface area contributed by atoms with Gasteiger partial charge in [-0.2, -0.15) is 0 Å². The monoisotopic (exact) mass is 413 g/mol. The van der Waals surface area contributed by atoms with Crippen LogP contribution in [0.2, 0.25) is 0 Å². The fraction of sp³-hybridized carbons (Fsp3) is 0.455. The molecule has 2 aromatic rings. The number of carbonyl (C=O) groups excluding carboxylic acids is 1. The van der Waals surface area contributed by atoms with Crippen LogP contribution in [-0.4, -0.2) is 54.6 Å². The summed E-state index contributed by atoms with van der Waals surface area (Å²) in [6.07, 6.45) is 4.86. The van der Waals surface area contributed by atoms with E-state index in [2.05, 4.69) is 15.1 Å². The van der Waals surface area contributed by atoms with Gasteiger partial charge < -0.3 is 20.2 Å². The Balaban J connectivity index is 1.48. The molecule has 6 nitrogen and oxygen atoms in total. The lowest BCUT2D eigenvalue weighted by atomic mass is 9.96. The van der Waals surface area contributed by atoms with E-state index in [1.807, 2.05) is 17.5 Å². The predicted molar refractivity (Wildman–Crippen MR) is 116 cm³/mol. The van der Waals surface area contributed by atoms with Gasteiger partial charge in [0.2, 0.25) is 0 Å². The fourth-order valence-electron chi connectivity index (χ4n) is 4.42. The highest BCUT2D eigenvalue weighted by Gasteiger charge is 2.26. The van der Waals surface area contributed by atoms with Gasteiger partial charge in [0.1, 0.15) is 0 Å². The van der Waals surface area contributed by atoms with Crippen molar-refractivity contribution in [3.63, 3.8) is 0 Å². The van der Waals surface area contributed by atoms with Crippen LogP contribution in [0.1, 0.15) is 45.7 Å². The minimum absolute atomic E-state index is 0.215. The summed E-state index contributed by atoms with van der Waals surface area (Å²) in [5.74, 6) is -0.608. The minimum atomic E-state index is -0.964. The molecule has 0 saturated carbocycles. The predicted octanol–water partition coefficient (Wildman–Crippen LogP) is 4.01. The van der Waals surface area contributed by atoms with E-state index in [0.29, 0.717) is 16.5 Å². The van der Waals surface area contributed by atoms with Crippen LogP contribution in [0, 0.1) is 5.92 Å². The van der Waals surface area contributed by atoms with Crippen LogP contribution in [-0.2, 0) is 0 Å². The molecule has 2 N–H and O–H groups in total. The Morgan fingerprint density at radius 3 is 2.69 bits per heavy atom. The molecule has 29 heavy (non-hydrogen) atoms. The number of aromatic carboxylic acids is 1. The maximum atomic E-state index is 12.3. The molecule has 0 radical (unpaired) electrons. The van der Waals surface area contributed by atoms with Gasteiger partial charge in [0.05, 0.1) is 16.1 Å². The second kappa shape index (κ2) is 8.97. The van der Waals surface area contributed by atoms with Crippen LogP contribution in [0.3, 0.4) is 0 Å². The quantitative estimate of drug-likeness (QED) is 0.749. The van der Waals surface area contributed by atoms with Gasteiger partial charge in [-0.05, 0) is 74.3 Å². The second-order valence-electron chi connectivity index (χ2n) is 7.93. The topological polar surface area (TPSA) is 72.9 Å². The van der Waals surface area contributed by atoms with E-state index >= 15 is 0 Å². The van der Waals surface area contributed by atoms with Gasteiger partial charge >= 0.3 is 5.97 Å². The van der Waals surface area contributed by atoms with Crippen molar-refractivity contribution >= 4 is 34.6 Å². The lowest BCUT2D eigenvalue weighted by Crippen LogP contribution is -2.41. The van der Waals surface area contributed by atoms with E-state index in [-0.39, 0.29) is 11.5 Å². The average Bonchev–Trinajstić information content (AvgIpc) is 3.42. The number of carboxylic acid groups (broad SMARTS) is 1. The summed E-state index contributed by atoms with van der Waals surface area (Å²) in [5.41, 5.74) is 1.50. The zero-order valence-electron chi connectivity index (χ0n) is 16.5. The number of likely N-dealkylation sites (tertiary alicyclic amines) is 1. The summed E-state index contributed by atoms with van der Waals surface area (Å²) >= 11 is 1.36. The number of nitrogens with one attached hydrogen (secondary N) is 1. The summed E-state index contributed by atoms with van der Waals surface area (Å²) < 4.78 is 0. The Morgan fingerprint density at radius 1 is 1.14 bits per heavy atom. The number of carbonyl (C=O) groups is 2. The molecule has 1 atom stereocenters. The Hall–Kier alpha value is -2.38. The number of hydrogen-bond acceptors (Lipinski definition) is 5. The van der Waals surface area contributed by atoms with E-state index in [1.165, 1.54) is 43.7 Å². The molecular formula is C22H27N3O3S. The van der Waals surface area contributed by atoms with Crippen molar-refractivity contribution < 1.29 is 14.7 Å². The summed E-state index contributed by atoms with van der Waals surface area (Å²) in [5, 5.41) is 14.4. The number of anilines is 2. The third-order valence-corrected chi connectivity index (χ3v) is 6.67. The molecule has 0 bridgehead atoms. The largest absolute Gasteiger partial charge is 0.478 e. The van der Waals surface area contributed by atoms with Gasteiger partial charge in [-0.25, -0.2) is 4.79 Å². The number of carboxylic acids is 1. The molecule has 2 aliphatic rings. The third kappa shape index (κ3) is 4.79. The molecule has 1 aromatic carbocycles. The van der Waals surface area contributed by atoms with Gasteiger partial charge in [0.25, 0.3) is 5.91 Å². The lowest BCUT2D eigenvalue weighted by Gasteiger charge is -2.36. The van der Waals surface area contributed by atoms with Crippen LogP contribution in [0.15, 0.2) is 35.7 Å². The first kappa shape index (κ1) is 19.9. The van der Waals surface area contributed by atoms with Crippen LogP contribution in [0.4, 0.5) is 11.4 Å². The van der Waals surface area contributed by atoms with Crippen molar-refractivity contribution in [3.05, 3.63) is 46.2 Å². The zero-order valence-corrected chi connectivity index (χ0v) is 17.3. The third-order valence-electron chi connectivity index (χ3n) is 5.80. The second-order valence-corrected chi connectivity index (χ2v) is 8.88. The van der Waals surface area contributed by atoms with Gasteiger partial charge in [0, 0.05) is 25.3 Å². The van der Waals surface area contributed by atoms with E-state index in [1.54, 1.807) is 18.2 Å². The summed E-state index contributed by atoms with van der Waals surface area (Å²) in [6, 6.07) is 8.79. The van der Waals surface area contributed by atoms with Gasteiger partial charge in [-0.3, -0.25) is 4.79 Å². The SMILES string of the molecule is O=C(Nc1ccc(N2CCCC(CN3CCCC3)C2)c(C(=O)O)c1)c1cccs1. The first-order valence-corrected chi connectivity index (χ1v) is 11.2. The molecule has 2 saturated heterocycles. The number of amides is 1. The summed E-state index contributed by atoms with van der Waals surface area (Å²) in [6.45, 7) is 5.24. The smallest absolute Gasteiger partial charge is 0.337 e. The normalized spacial score (nSPS) is 20.0. The highest BCUT2D eigenvalue weighted by atomic mass is 32.1. The van der Waals surface area contributed by atoms with Crippen molar-refractivity contribution in [2.24, 2.45) is 5.92 Å². The molecular weight excluding hydrogens is 386 g/mol. The Morgan fingerprint density at radius 2 is 1.97 bits per heavy atom. The Bertz CT molecular complexity index is 862. The van der Waals surface area contributed by atoms with Gasteiger partial charge in [0.15, 0.2) is 0 Å². The minimum Gasteiger partial charge on any atom is -0.478 e. The average molecular weight is 414 g/mol. The standard InChI is InChI=1S/C22H27N3O3S/c26-21(20-6-4-12-29-20)23-17-7-8-19(18(13-17)22(27)28)25-11-3-5-16(15-25)14-24-9-1-2-10-24/h4,6-8,12-13,16H,1-3,5,9-11,14-15H2,(H,23,26)(H,27,28). The molecule has 2 aliphatic heterocycles. The number of rotatable bonds is 6. The number of piperidine rings is 1. The molecule has 2 fully saturated rings. The van der Waals surface area contributed by atoms with Gasteiger partial charge in [-0.1, -0.05) is 6.07 Å². The van der Waals surface area contributed by atoms with Crippen LogP contribution < -0.4 is 10.2 Å². The lowest BCUT2D eigenvalue weighted by molar-refractivity contribution is 0.0697. The van der Waals surface area contributed by atoms with Crippen molar-refractivity contribution in [2.75, 3.05) is 42.9 Å². The van der Waals surface area contributed by atoms with Crippen molar-refractivity contribution in [3.8, 4) is 0 Å².